The SMILES string of the molecule is CCCC(CC(C)C)CN1c2ccccc2N(C2=C(C)C=C(C)C[C@@H]2C)C1C. The zero-order chi connectivity index (χ0) is 20.4. The molecular weight excluding hydrogens is 340 g/mol. The fourth-order valence-corrected chi connectivity index (χ4v) is 5.57. The average molecular weight is 381 g/mol. The van der Waals surface area contributed by atoms with Crippen molar-refractivity contribution in [1.82, 2.24) is 0 Å². The summed E-state index contributed by atoms with van der Waals surface area (Å²) < 4.78 is 0. The maximum absolute atomic E-state index is 2.68. The number of allylic oxidation sites excluding steroid dienone is 4. The van der Waals surface area contributed by atoms with Crippen LogP contribution in [-0.2, 0) is 0 Å². The van der Waals surface area contributed by atoms with Crippen LogP contribution in [0.4, 0.5) is 11.4 Å². The molecule has 154 valence electrons. The summed E-state index contributed by atoms with van der Waals surface area (Å²) in [6.07, 6.45) is 7.86. The van der Waals surface area contributed by atoms with Crippen molar-refractivity contribution in [3.05, 3.63) is 47.2 Å². The molecule has 0 bridgehead atoms. The Hall–Kier alpha value is -1.70. The first kappa shape index (κ1) is 21.0. The van der Waals surface area contributed by atoms with E-state index in [1.54, 1.807) is 0 Å². The molecule has 0 N–H and O–H groups in total. The lowest BCUT2D eigenvalue weighted by Crippen LogP contribution is -2.44. The molecule has 1 aliphatic carbocycles. The van der Waals surface area contributed by atoms with Crippen molar-refractivity contribution < 1.29 is 0 Å². The minimum atomic E-state index is 0.378. The Labute approximate surface area is 173 Å². The van der Waals surface area contributed by atoms with Gasteiger partial charge in [0.2, 0.25) is 0 Å². The van der Waals surface area contributed by atoms with Gasteiger partial charge >= 0.3 is 0 Å². The molecule has 1 aliphatic heterocycles. The standard InChI is InChI=1S/C26H40N2/c1-8-11-23(14-18(2)3)17-27-22(7)28(25-13-10-9-12-24(25)27)26-20(5)15-19(4)16-21(26)6/h9-10,12-13,15,18,21-23H,8,11,14,16-17H2,1-7H3/t21-,22?,23?/m0/s1. The molecule has 2 aliphatic rings. The van der Waals surface area contributed by atoms with Crippen LogP contribution in [0.25, 0.3) is 0 Å². The molecule has 2 unspecified atom stereocenters. The number of anilines is 2. The van der Waals surface area contributed by atoms with Crippen LogP contribution in [0.5, 0.6) is 0 Å². The fourth-order valence-electron chi connectivity index (χ4n) is 5.57. The van der Waals surface area contributed by atoms with E-state index in [1.165, 1.54) is 53.9 Å². The quantitative estimate of drug-likeness (QED) is 0.487. The van der Waals surface area contributed by atoms with Gasteiger partial charge in [0.25, 0.3) is 0 Å². The number of nitrogens with zero attached hydrogens (tertiary/aromatic N) is 2. The molecule has 0 spiro atoms. The molecule has 0 saturated carbocycles. The van der Waals surface area contributed by atoms with Crippen molar-refractivity contribution in [2.75, 3.05) is 16.3 Å². The van der Waals surface area contributed by atoms with E-state index in [9.17, 15) is 0 Å². The summed E-state index contributed by atoms with van der Waals surface area (Å²) in [4.78, 5) is 5.31. The maximum Gasteiger partial charge on any atom is 0.103 e. The lowest BCUT2D eigenvalue weighted by Gasteiger charge is -2.38. The summed E-state index contributed by atoms with van der Waals surface area (Å²) in [6.45, 7) is 17.6. The normalized spacial score (nSPS) is 23.4. The number of para-hydroxylation sites is 2. The van der Waals surface area contributed by atoms with Gasteiger partial charge in [-0.1, -0.05) is 57.9 Å². The van der Waals surface area contributed by atoms with Crippen molar-refractivity contribution in [1.29, 1.82) is 0 Å². The molecule has 0 amide bonds. The number of benzene rings is 1. The van der Waals surface area contributed by atoms with Crippen molar-refractivity contribution >= 4 is 11.4 Å². The van der Waals surface area contributed by atoms with Gasteiger partial charge in [0, 0.05) is 18.2 Å². The molecule has 0 aromatic heterocycles. The highest BCUT2D eigenvalue weighted by Gasteiger charge is 2.38. The van der Waals surface area contributed by atoms with Crippen LogP contribution in [-0.4, -0.2) is 12.7 Å². The van der Waals surface area contributed by atoms with E-state index < -0.39 is 0 Å². The van der Waals surface area contributed by atoms with E-state index in [1.807, 2.05) is 0 Å². The second kappa shape index (κ2) is 8.76. The van der Waals surface area contributed by atoms with Gasteiger partial charge in [0.1, 0.15) is 6.17 Å². The monoisotopic (exact) mass is 380 g/mol. The lowest BCUT2D eigenvalue weighted by molar-refractivity contribution is 0.374. The Kier molecular flexibility index (Phi) is 6.58. The molecule has 2 heteroatoms. The third kappa shape index (κ3) is 4.16. The molecule has 0 radical (unpaired) electrons. The summed E-state index contributed by atoms with van der Waals surface area (Å²) in [5, 5.41) is 0. The van der Waals surface area contributed by atoms with Gasteiger partial charge in [0.05, 0.1) is 11.4 Å². The lowest BCUT2D eigenvalue weighted by atomic mass is 9.88. The molecule has 3 atom stereocenters. The smallest absolute Gasteiger partial charge is 0.103 e. The first-order chi connectivity index (χ1) is 13.3. The number of rotatable bonds is 7. The van der Waals surface area contributed by atoms with Gasteiger partial charge in [-0.2, -0.15) is 0 Å². The summed E-state index contributed by atoms with van der Waals surface area (Å²) >= 11 is 0. The van der Waals surface area contributed by atoms with Crippen LogP contribution in [0, 0.1) is 17.8 Å². The molecular formula is C26H40N2. The molecule has 28 heavy (non-hydrogen) atoms. The van der Waals surface area contributed by atoms with E-state index in [-0.39, 0.29) is 0 Å². The van der Waals surface area contributed by atoms with Crippen LogP contribution < -0.4 is 9.80 Å². The highest BCUT2D eigenvalue weighted by Crippen LogP contribution is 2.46. The highest BCUT2D eigenvalue weighted by molar-refractivity contribution is 5.80. The Morgan fingerprint density at radius 1 is 1.07 bits per heavy atom. The molecule has 1 aromatic rings. The van der Waals surface area contributed by atoms with E-state index >= 15 is 0 Å². The fraction of sp³-hybridized carbons (Fsp3) is 0.615. The summed E-state index contributed by atoms with van der Waals surface area (Å²) in [5.74, 6) is 2.10. The summed E-state index contributed by atoms with van der Waals surface area (Å²) in [7, 11) is 0. The van der Waals surface area contributed by atoms with Crippen LogP contribution in [0.15, 0.2) is 47.2 Å². The van der Waals surface area contributed by atoms with Crippen molar-refractivity contribution in [3.63, 3.8) is 0 Å². The maximum atomic E-state index is 2.68. The van der Waals surface area contributed by atoms with E-state index in [0.717, 1.165) is 18.4 Å². The van der Waals surface area contributed by atoms with Gasteiger partial charge in [-0.05, 0) is 69.6 Å². The van der Waals surface area contributed by atoms with Gasteiger partial charge < -0.3 is 9.80 Å². The van der Waals surface area contributed by atoms with Gasteiger partial charge in [0.15, 0.2) is 0 Å². The highest BCUT2D eigenvalue weighted by atomic mass is 15.4. The third-order valence-electron chi connectivity index (χ3n) is 6.45. The zero-order valence-electron chi connectivity index (χ0n) is 19.1. The van der Waals surface area contributed by atoms with Crippen molar-refractivity contribution in [2.24, 2.45) is 17.8 Å². The van der Waals surface area contributed by atoms with E-state index in [2.05, 4.69) is 88.6 Å². The first-order valence-corrected chi connectivity index (χ1v) is 11.4. The second-order valence-electron chi connectivity index (χ2n) is 9.59. The second-order valence-corrected chi connectivity index (χ2v) is 9.59. The van der Waals surface area contributed by atoms with Gasteiger partial charge in [-0.3, -0.25) is 0 Å². The summed E-state index contributed by atoms with van der Waals surface area (Å²) in [5.41, 5.74) is 7.27. The first-order valence-electron chi connectivity index (χ1n) is 11.4. The Morgan fingerprint density at radius 3 is 2.36 bits per heavy atom. The van der Waals surface area contributed by atoms with Crippen molar-refractivity contribution in [3.8, 4) is 0 Å². The van der Waals surface area contributed by atoms with Gasteiger partial charge in [-0.15, -0.1) is 0 Å². The predicted molar refractivity (Wildman–Crippen MR) is 124 cm³/mol. The topological polar surface area (TPSA) is 6.48 Å². The largest absolute Gasteiger partial charge is 0.349 e. The Morgan fingerprint density at radius 2 is 1.75 bits per heavy atom. The number of hydrogen-bond acceptors (Lipinski definition) is 2. The number of fused-ring (bicyclic) bond motifs is 1. The zero-order valence-corrected chi connectivity index (χ0v) is 19.1. The molecule has 0 fully saturated rings. The Balaban J connectivity index is 1.96. The molecule has 1 heterocycles. The minimum absolute atomic E-state index is 0.378. The molecule has 0 saturated heterocycles. The van der Waals surface area contributed by atoms with E-state index in [4.69, 9.17) is 0 Å². The number of hydrogen-bond donors (Lipinski definition) is 0. The predicted octanol–water partition coefficient (Wildman–Crippen LogP) is 7.38. The van der Waals surface area contributed by atoms with Crippen LogP contribution in [0.2, 0.25) is 0 Å². The van der Waals surface area contributed by atoms with Crippen molar-refractivity contribution in [2.45, 2.75) is 80.3 Å². The molecule has 2 nitrogen and oxygen atoms in total. The third-order valence-corrected chi connectivity index (χ3v) is 6.45. The van der Waals surface area contributed by atoms with Crippen LogP contribution in [0.3, 0.4) is 0 Å². The molecule has 3 rings (SSSR count). The summed E-state index contributed by atoms with van der Waals surface area (Å²) in [6, 6.07) is 9.05. The van der Waals surface area contributed by atoms with Crippen LogP contribution >= 0.6 is 0 Å². The van der Waals surface area contributed by atoms with Gasteiger partial charge in [-0.25, -0.2) is 0 Å². The minimum Gasteiger partial charge on any atom is -0.349 e. The Bertz CT molecular complexity index is 743. The molecule has 1 aromatic carbocycles. The van der Waals surface area contributed by atoms with Crippen LogP contribution in [0.1, 0.15) is 74.1 Å². The average Bonchev–Trinajstić information content (AvgIpc) is 2.87. The van der Waals surface area contributed by atoms with E-state index in [0.29, 0.717) is 12.1 Å².